The molecule has 1 aliphatic heterocycles. The van der Waals surface area contributed by atoms with Crippen LogP contribution in [0.3, 0.4) is 0 Å². The van der Waals surface area contributed by atoms with Crippen LogP contribution in [-0.4, -0.2) is 48.2 Å². The van der Waals surface area contributed by atoms with Crippen LogP contribution >= 0.6 is 0 Å². The average Bonchev–Trinajstić information content (AvgIpc) is 3.57. The Kier molecular flexibility index (Phi) is 7.65. The smallest absolute Gasteiger partial charge is 0.389 e. The molecule has 1 aromatic heterocycles. The van der Waals surface area contributed by atoms with Gasteiger partial charge < -0.3 is 20.5 Å². The van der Waals surface area contributed by atoms with E-state index >= 15 is 0 Å². The van der Waals surface area contributed by atoms with Crippen LogP contribution < -0.4 is 15.8 Å². The van der Waals surface area contributed by atoms with Crippen LogP contribution in [0.25, 0.3) is 0 Å². The molecule has 2 aromatic rings. The Morgan fingerprint density at radius 1 is 1.18 bits per heavy atom. The molecule has 3 N–H and O–H groups in total. The lowest BCUT2D eigenvalue weighted by molar-refractivity contribution is -0.136. The molecule has 0 saturated heterocycles. The number of aromatic nitrogens is 2. The van der Waals surface area contributed by atoms with E-state index in [1.807, 2.05) is 12.1 Å². The van der Waals surface area contributed by atoms with Gasteiger partial charge in [-0.05, 0) is 42.9 Å². The van der Waals surface area contributed by atoms with Crippen molar-refractivity contribution >= 4 is 11.7 Å². The maximum atomic E-state index is 12.3. The number of hydrogen-bond acceptors (Lipinski definition) is 5. The Labute approximate surface area is 196 Å². The minimum absolute atomic E-state index is 0.0305. The summed E-state index contributed by atoms with van der Waals surface area (Å²) in [5.74, 6) is 1.50. The standard InChI is InChI=1S/C24H31F3N4O3/c25-24(26,27)10-1-12-34-19-6-4-17(5-7-19)9-13-33-15-18-14-29-23(32)20-21(18)30-31(22(20)28)11-8-16-2-3-16/h4-7,16,18H,1-3,8-15,28H2,(H,29,32). The fraction of sp³-hybridized carbons (Fsp3) is 0.583. The zero-order valence-corrected chi connectivity index (χ0v) is 19.1. The number of aryl methyl sites for hydroxylation is 1. The molecule has 1 saturated carbocycles. The van der Waals surface area contributed by atoms with E-state index in [1.54, 1.807) is 16.8 Å². The highest BCUT2D eigenvalue weighted by molar-refractivity contribution is 6.00. The molecule has 1 atom stereocenters. The highest BCUT2D eigenvalue weighted by Crippen LogP contribution is 2.34. The van der Waals surface area contributed by atoms with Crippen molar-refractivity contribution in [2.75, 3.05) is 32.1 Å². The second-order valence-corrected chi connectivity index (χ2v) is 9.04. The third kappa shape index (κ3) is 6.65. The SMILES string of the molecule is Nc1c2c(nn1CCC1CC1)C(COCCc1ccc(OCCCC(F)(F)F)cc1)CNC2=O. The number of halogens is 3. The first-order valence-corrected chi connectivity index (χ1v) is 11.8. The molecule has 0 radical (unpaired) electrons. The number of nitrogens with one attached hydrogen (secondary N) is 1. The van der Waals surface area contributed by atoms with Crippen molar-refractivity contribution in [2.45, 2.75) is 57.2 Å². The van der Waals surface area contributed by atoms with Gasteiger partial charge in [0.1, 0.15) is 17.1 Å². The zero-order chi connectivity index (χ0) is 24.1. The van der Waals surface area contributed by atoms with E-state index in [0.717, 1.165) is 24.4 Å². The van der Waals surface area contributed by atoms with Gasteiger partial charge in [0, 0.05) is 25.4 Å². The number of rotatable bonds is 12. The number of anilines is 1. The van der Waals surface area contributed by atoms with Gasteiger partial charge in [-0.25, -0.2) is 4.68 Å². The van der Waals surface area contributed by atoms with Crippen LogP contribution in [0.5, 0.6) is 5.75 Å². The van der Waals surface area contributed by atoms with Gasteiger partial charge in [-0.1, -0.05) is 25.0 Å². The number of alkyl halides is 3. The van der Waals surface area contributed by atoms with Crippen LogP contribution in [0.15, 0.2) is 24.3 Å². The van der Waals surface area contributed by atoms with Crippen LogP contribution in [0.4, 0.5) is 19.0 Å². The number of carbonyl (C=O) groups is 1. The molecule has 4 rings (SSSR count). The van der Waals surface area contributed by atoms with Crippen molar-refractivity contribution < 1.29 is 27.4 Å². The molecule has 1 aromatic carbocycles. The average molecular weight is 481 g/mol. The van der Waals surface area contributed by atoms with Crippen LogP contribution in [-0.2, 0) is 17.7 Å². The number of hydrogen-bond donors (Lipinski definition) is 2. The summed E-state index contributed by atoms with van der Waals surface area (Å²) in [5.41, 5.74) is 8.44. The summed E-state index contributed by atoms with van der Waals surface area (Å²) in [5, 5.41) is 7.53. The summed E-state index contributed by atoms with van der Waals surface area (Å²) in [6, 6.07) is 7.26. The maximum absolute atomic E-state index is 12.3. The molecule has 34 heavy (non-hydrogen) atoms. The van der Waals surface area contributed by atoms with Crippen molar-refractivity contribution in [1.29, 1.82) is 0 Å². The Morgan fingerprint density at radius 2 is 1.94 bits per heavy atom. The number of nitrogens with zero attached hydrogens (tertiary/aromatic N) is 2. The fourth-order valence-electron chi connectivity index (χ4n) is 4.06. The lowest BCUT2D eigenvalue weighted by Crippen LogP contribution is -2.36. The summed E-state index contributed by atoms with van der Waals surface area (Å²) in [4.78, 5) is 12.3. The minimum atomic E-state index is -4.15. The first kappa shape index (κ1) is 24.4. The first-order chi connectivity index (χ1) is 16.3. The number of amides is 1. The van der Waals surface area contributed by atoms with Crippen molar-refractivity contribution in [1.82, 2.24) is 15.1 Å². The van der Waals surface area contributed by atoms with E-state index < -0.39 is 12.6 Å². The van der Waals surface area contributed by atoms with Gasteiger partial charge in [-0.2, -0.15) is 18.3 Å². The van der Waals surface area contributed by atoms with Crippen LogP contribution in [0.2, 0.25) is 0 Å². The monoisotopic (exact) mass is 480 g/mol. The number of carbonyl (C=O) groups excluding carboxylic acids is 1. The molecule has 10 heteroatoms. The Bertz CT molecular complexity index is 971. The molecular formula is C24H31F3N4O3. The molecule has 0 spiro atoms. The molecular weight excluding hydrogens is 449 g/mol. The van der Waals surface area contributed by atoms with E-state index in [4.69, 9.17) is 15.2 Å². The quantitative estimate of drug-likeness (QED) is 0.447. The predicted molar refractivity (Wildman–Crippen MR) is 121 cm³/mol. The molecule has 1 unspecified atom stereocenters. The summed E-state index contributed by atoms with van der Waals surface area (Å²) >= 11 is 0. The van der Waals surface area contributed by atoms with Crippen LogP contribution in [0, 0.1) is 5.92 Å². The summed E-state index contributed by atoms with van der Waals surface area (Å²) in [7, 11) is 0. The second kappa shape index (κ2) is 10.7. The Morgan fingerprint density at radius 3 is 2.65 bits per heavy atom. The van der Waals surface area contributed by atoms with E-state index in [1.165, 1.54) is 12.8 Å². The molecule has 2 aliphatic rings. The third-order valence-electron chi connectivity index (χ3n) is 6.24. The van der Waals surface area contributed by atoms with Gasteiger partial charge in [0.2, 0.25) is 0 Å². The summed E-state index contributed by atoms with van der Waals surface area (Å²) in [6.07, 6.45) is -0.830. The number of fused-ring (bicyclic) bond motifs is 1. The largest absolute Gasteiger partial charge is 0.494 e. The van der Waals surface area contributed by atoms with Crippen molar-refractivity contribution in [3.63, 3.8) is 0 Å². The number of ether oxygens (including phenoxy) is 2. The molecule has 186 valence electrons. The maximum Gasteiger partial charge on any atom is 0.389 e. The van der Waals surface area contributed by atoms with Crippen LogP contribution in [0.1, 0.15) is 59.6 Å². The van der Waals surface area contributed by atoms with Crippen molar-refractivity contribution in [3.8, 4) is 5.75 Å². The van der Waals surface area contributed by atoms with E-state index in [9.17, 15) is 18.0 Å². The van der Waals surface area contributed by atoms with Gasteiger partial charge in [-0.3, -0.25) is 4.79 Å². The van der Waals surface area contributed by atoms with E-state index in [2.05, 4.69) is 10.4 Å². The highest BCUT2D eigenvalue weighted by atomic mass is 19.4. The number of nitrogen functional groups attached to an aromatic ring is 1. The molecule has 1 amide bonds. The van der Waals surface area contributed by atoms with Gasteiger partial charge in [-0.15, -0.1) is 0 Å². The van der Waals surface area contributed by atoms with Gasteiger partial charge in [0.05, 0.1) is 25.5 Å². The molecule has 0 bridgehead atoms. The highest BCUT2D eigenvalue weighted by Gasteiger charge is 2.33. The summed E-state index contributed by atoms with van der Waals surface area (Å²) in [6.45, 7) is 2.14. The third-order valence-corrected chi connectivity index (χ3v) is 6.24. The van der Waals surface area contributed by atoms with Crippen molar-refractivity contribution in [3.05, 3.63) is 41.1 Å². The number of nitrogens with two attached hydrogens (primary N) is 1. The number of benzene rings is 1. The normalized spacial score (nSPS) is 18.0. The molecule has 2 heterocycles. The Balaban J connectivity index is 1.21. The lowest BCUT2D eigenvalue weighted by Gasteiger charge is -2.21. The molecule has 1 fully saturated rings. The van der Waals surface area contributed by atoms with E-state index in [-0.39, 0.29) is 24.9 Å². The van der Waals surface area contributed by atoms with Crippen molar-refractivity contribution in [2.24, 2.45) is 5.92 Å². The second-order valence-electron chi connectivity index (χ2n) is 9.04. The zero-order valence-electron chi connectivity index (χ0n) is 19.1. The summed E-state index contributed by atoms with van der Waals surface area (Å²) < 4.78 is 49.5. The lowest BCUT2D eigenvalue weighted by atomic mass is 9.98. The van der Waals surface area contributed by atoms with Gasteiger partial charge >= 0.3 is 6.18 Å². The predicted octanol–water partition coefficient (Wildman–Crippen LogP) is 4.07. The fourth-order valence-corrected chi connectivity index (χ4v) is 4.06. The van der Waals surface area contributed by atoms with E-state index in [0.29, 0.717) is 49.0 Å². The molecule has 1 aliphatic carbocycles. The van der Waals surface area contributed by atoms with Gasteiger partial charge in [0.25, 0.3) is 5.91 Å². The van der Waals surface area contributed by atoms with Gasteiger partial charge in [0.15, 0.2) is 0 Å². The first-order valence-electron chi connectivity index (χ1n) is 11.8. The minimum Gasteiger partial charge on any atom is -0.494 e. The Hall–Kier alpha value is -2.75. The molecule has 7 nitrogen and oxygen atoms in total. The topological polar surface area (TPSA) is 91.4 Å².